The lowest BCUT2D eigenvalue weighted by Gasteiger charge is -2.25. The van der Waals surface area contributed by atoms with E-state index in [-0.39, 0.29) is 0 Å². The van der Waals surface area contributed by atoms with Gasteiger partial charge in [0, 0.05) is 37.6 Å². The van der Waals surface area contributed by atoms with Crippen LogP contribution in [0.25, 0.3) is 0 Å². The molecule has 2 saturated heterocycles. The van der Waals surface area contributed by atoms with E-state index in [4.69, 9.17) is 0 Å². The maximum absolute atomic E-state index is 12.1. The predicted molar refractivity (Wildman–Crippen MR) is 86.9 cm³/mol. The minimum atomic E-state index is -0.532. The molecule has 0 aliphatic carbocycles. The Morgan fingerprint density at radius 3 is 2.05 bits per heavy atom. The average Bonchev–Trinajstić information content (AvgIpc) is 3.10. The number of anilines is 2. The second-order valence-corrected chi connectivity index (χ2v) is 6.05. The minimum absolute atomic E-state index is 0.414. The van der Waals surface area contributed by atoms with Crippen molar-refractivity contribution in [1.29, 1.82) is 0 Å². The van der Waals surface area contributed by atoms with Crippen molar-refractivity contribution >= 4 is 23.2 Å². The number of hydrogen-bond acceptors (Lipinski definition) is 3. The summed E-state index contributed by atoms with van der Waals surface area (Å²) in [6.07, 6.45) is 5.60. The monoisotopic (exact) mass is 301 g/mol. The molecule has 1 aromatic rings. The van der Waals surface area contributed by atoms with Crippen molar-refractivity contribution in [2.45, 2.75) is 32.1 Å². The number of amides is 2. The molecule has 0 saturated carbocycles. The number of hydrogen-bond donors (Lipinski definition) is 1. The summed E-state index contributed by atoms with van der Waals surface area (Å²) < 4.78 is 0. The van der Waals surface area contributed by atoms with Crippen molar-refractivity contribution < 1.29 is 9.59 Å². The molecule has 0 spiro atoms. The molecular formula is C17H23N3O2. The zero-order valence-corrected chi connectivity index (χ0v) is 12.9. The van der Waals surface area contributed by atoms with E-state index in [0.29, 0.717) is 18.8 Å². The lowest BCUT2D eigenvalue weighted by atomic mass is 10.1. The molecule has 0 radical (unpaired) electrons. The molecule has 3 rings (SSSR count). The van der Waals surface area contributed by atoms with E-state index in [1.807, 2.05) is 24.3 Å². The van der Waals surface area contributed by atoms with Crippen molar-refractivity contribution in [2.24, 2.45) is 0 Å². The summed E-state index contributed by atoms with van der Waals surface area (Å²) in [5, 5.41) is 2.71. The Labute approximate surface area is 131 Å². The third-order valence-corrected chi connectivity index (χ3v) is 4.43. The van der Waals surface area contributed by atoms with Crippen LogP contribution in [0.15, 0.2) is 24.3 Å². The summed E-state index contributed by atoms with van der Waals surface area (Å²) in [5.74, 6) is -0.945. The zero-order valence-electron chi connectivity index (χ0n) is 12.9. The molecule has 0 bridgehead atoms. The Balaban J connectivity index is 1.57. The summed E-state index contributed by atoms with van der Waals surface area (Å²) in [6, 6.07) is 7.75. The summed E-state index contributed by atoms with van der Waals surface area (Å²) in [5.41, 5.74) is 1.86. The van der Waals surface area contributed by atoms with Crippen LogP contribution in [0.3, 0.4) is 0 Å². The summed E-state index contributed by atoms with van der Waals surface area (Å²) in [6.45, 7) is 3.58. The molecule has 2 amide bonds. The van der Waals surface area contributed by atoms with Gasteiger partial charge in [-0.05, 0) is 56.4 Å². The molecule has 5 nitrogen and oxygen atoms in total. The van der Waals surface area contributed by atoms with Crippen molar-refractivity contribution in [1.82, 2.24) is 4.90 Å². The molecule has 1 N–H and O–H groups in total. The Kier molecular flexibility index (Phi) is 4.61. The quantitative estimate of drug-likeness (QED) is 0.852. The van der Waals surface area contributed by atoms with Gasteiger partial charge >= 0.3 is 11.8 Å². The van der Waals surface area contributed by atoms with E-state index in [1.165, 1.54) is 18.5 Å². The third-order valence-electron chi connectivity index (χ3n) is 4.43. The van der Waals surface area contributed by atoms with E-state index in [0.717, 1.165) is 32.4 Å². The van der Waals surface area contributed by atoms with Crippen LogP contribution in [-0.4, -0.2) is 42.9 Å². The second-order valence-electron chi connectivity index (χ2n) is 6.05. The Morgan fingerprint density at radius 1 is 0.818 bits per heavy atom. The van der Waals surface area contributed by atoms with Gasteiger partial charge in [-0.1, -0.05) is 0 Å². The summed E-state index contributed by atoms with van der Waals surface area (Å²) in [7, 11) is 0. The van der Waals surface area contributed by atoms with Gasteiger partial charge in [0.05, 0.1) is 0 Å². The van der Waals surface area contributed by atoms with Crippen LogP contribution >= 0.6 is 0 Å². The van der Waals surface area contributed by atoms with Crippen molar-refractivity contribution in [3.8, 4) is 0 Å². The number of likely N-dealkylation sites (tertiary alicyclic amines) is 1. The maximum atomic E-state index is 12.1. The smallest absolute Gasteiger partial charge is 0.313 e. The van der Waals surface area contributed by atoms with Gasteiger partial charge in [-0.3, -0.25) is 9.59 Å². The first-order valence-electron chi connectivity index (χ1n) is 8.19. The van der Waals surface area contributed by atoms with Crippen molar-refractivity contribution in [2.75, 3.05) is 36.4 Å². The Bertz CT molecular complexity index is 529. The number of nitrogens with zero attached hydrogens (tertiary/aromatic N) is 2. The van der Waals surface area contributed by atoms with Crippen molar-refractivity contribution in [3.63, 3.8) is 0 Å². The number of rotatable bonds is 2. The molecule has 22 heavy (non-hydrogen) atoms. The molecule has 0 unspecified atom stereocenters. The maximum Gasteiger partial charge on any atom is 0.313 e. The third kappa shape index (κ3) is 3.40. The number of benzene rings is 1. The highest BCUT2D eigenvalue weighted by molar-refractivity contribution is 6.39. The topological polar surface area (TPSA) is 52.7 Å². The highest BCUT2D eigenvalue weighted by Crippen LogP contribution is 2.22. The van der Waals surface area contributed by atoms with Gasteiger partial charge in [-0.15, -0.1) is 0 Å². The van der Waals surface area contributed by atoms with E-state index < -0.39 is 11.8 Å². The summed E-state index contributed by atoms with van der Waals surface area (Å²) in [4.78, 5) is 28.1. The van der Waals surface area contributed by atoms with Gasteiger partial charge in [-0.25, -0.2) is 0 Å². The highest BCUT2D eigenvalue weighted by Gasteiger charge is 2.23. The van der Waals surface area contributed by atoms with Crippen molar-refractivity contribution in [3.05, 3.63) is 24.3 Å². The van der Waals surface area contributed by atoms with Crippen LogP contribution in [-0.2, 0) is 9.59 Å². The first kappa shape index (κ1) is 14.9. The molecule has 118 valence electrons. The van der Waals surface area contributed by atoms with Gasteiger partial charge in [0.2, 0.25) is 0 Å². The first-order valence-corrected chi connectivity index (χ1v) is 8.19. The van der Waals surface area contributed by atoms with Gasteiger partial charge in [0.1, 0.15) is 0 Å². The number of carbonyl (C=O) groups is 2. The molecule has 5 heteroatoms. The first-order chi connectivity index (χ1) is 10.7. The van der Waals surface area contributed by atoms with E-state index in [1.54, 1.807) is 4.90 Å². The Morgan fingerprint density at radius 2 is 1.41 bits per heavy atom. The van der Waals surface area contributed by atoms with Crippen LogP contribution in [0.2, 0.25) is 0 Å². The molecule has 2 aliphatic heterocycles. The standard InChI is InChI=1S/C17H23N3O2/c21-16(17(22)20-12-2-1-3-13-20)18-14-6-8-15(9-7-14)19-10-4-5-11-19/h6-9H,1-5,10-13H2,(H,18,21). The van der Waals surface area contributed by atoms with Gasteiger partial charge < -0.3 is 15.1 Å². The number of carbonyl (C=O) groups excluding carboxylic acids is 2. The summed E-state index contributed by atoms with van der Waals surface area (Å²) >= 11 is 0. The molecule has 0 aromatic heterocycles. The SMILES string of the molecule is O=C(Nc1ccc(N2CCCC2)cc1)C(=O)N1CCCCC1. The largest absolute Gasteiger partial charge is 0.372 e. The molecule has 2 heterocycles. The molecule has 0 atom stereocenters. The molecule has 1 aromatic carbocycles. The normalized spacial score (nSPS) is 18.4. The van der Waals surface area contributed by atoms with Gasteiger partial charge in [0.25, 0.3) is 0 Å². The fourth-order valence-electron chi connectivity index (χ4n) is 3.16. The van der Waals surface area contributed by atoms with E-state index >= 15 is 0 Å². The zero-order chi connectivity index (χ0) is 15.4. The van der Waals surface area contributed by atoms with E-state index in [2.05, 4.69) is 10.2 Å². The fourth-order valence-corrected chi connectivity index (χ4v) is 3.16. The van der Waals surface area contributed by atoms with E-state index in [9.17, 15) is 9.59 Å². The van der Waals surface area contributed by atoms with Crippen LogP contribution in [0, 0.1) is 0 Å². The predicted octanol–water partition coefficient (Wildman–Crippen LogP) is 2.24. The fraction of sp³-hybridized carbons (Fsp3) is 0.529. The number of nitrogens with one attached hydrogen (secondary N) is 1. The van der Waals surface area contributed by atoms with Crippen LogP contribution in [0.1, 0.15) is 32.1 Å². The second kappa shape index (κ2) is 6.81. The van der Waals surface area contributed by atoms with Crippen LogP contribution < -0.4 is 10.2 Å². The van der Waals surface area contributed by atoms with Gasteiger partial charge in [-0.2, -0.15) is 0 Å². The molecular weight excluding hydrogens is 278 g/mol. The lowest BCUT2D eigenvalue weighted by molar-refractivity contribution is -0.143. The Hall–Kier alpha value is -2.04. The average molecular weight is 301 g/mol. The van der Waals surface area contributed by atoms with Crippen LogP contribution in [0.4, 0.5) is 11.4 Å². The molecule has 2 aliphatic rings. The lowest BCUT2D eigenvalue weighted by Crippen LogP contribution is -2.42. The minimum Gasteiger partial charge on any atom is -0.372 e. The number of piperidine rings is 1. The van der Waals surface area contributed by atoms with Crippen LogP contribution in [0.5, 0.6) is 0 Å². The molecule has 2 fully saturated rings. The van der Waals surface area contributed by atoms with Gasteiger partial charge in [0.15, 0.2) is 0 Å². The highest BCUT2D eigenvalue weighted by atomic mass is 16.2.